The van der Waals surface area contributed by atoms with Gasteiger partial charge in [0.05, 0.1) is 0 Å². The molecule has 0 aliphatic carbocycles. The molecule has 0 fully saturated rings. The molecule has 0 aliphatic rings. The minimum absolute atomic E-state index is 0.150. The maximum Gasteiger partial charge on any atom is 0.133 e. The van der Waals surface area contributed by atoms with Crippen molar-refractivity contribution >= 4 is 11.7 Å². The summed E-state index contributed by atoms with van der Waals surface area (Å²) in [4.78, 5) is 0. The van der Waals surface area contributed by atoms with Crippen LogP contribution in [0.5, 0.6) is 0 Å². The Balaban J connectivity index is 2.75. The predicted octanol–water partition coefficient (Wildman–Crippen LogP) is 2.46. The molecule has 0 saturated heterocycles. The van der Waals surface area contributed by atoms with E-state index in [2.05, 4.69) is 0 Å². The standard InChI is InChI=1S/C17H20N4/c1-11-3-7-13(8-4-11)17(15(18)19,16(20)21)14-9-5-12(2)6-10-14/h3-10H,1-2H3,(H3,18,19)(H3,20,21). The molecule has 21 heavy (non-hydrogen) atoms. The normalized spacial score (nSPS) is 11.1. The zero-order valence-electron chi connectivity index (χ0n) is 12.3. The first kappa shape index (κ1) is 14.8. The third kappa shape index (κ3) is 2.40. The Hall–Kier alpha value is -2.62. The summed E-state index contributed by atoms with van der Waals surface area (Å²) in [5, 5.41) is 16.1. The van der Waals surface area contributed by atoms with E-state index in [9.17, 15) is 0 Å². The molecule has 0 bridgehead atoms. The Bertz CT molecular complexity index is 607. The molecule has 0 heterocycles. The summed E-state index contributed by atoms with van der Waals surface area (Å²) >= 11 is 0. The van der Waals surface area contributed by atoms with Crippen molar-refractivity contribution in [1.82, 2.24) is 0 Å². The molecule has 0 aliphatic heterocycles. The molecule has 0 unspecified atom stereocenters. The van der Waals surface area contributed by atoms with Gasteiger partial charge in [-0.3, -0.25) is 10.8 Å². The van der Waals surface area contributed by atoms with Crippen molar-refractivity contribution < 1.29 is 0 Å². The Morgan fingerprint density at radius 1 is 0.714 bits per heavy atom. The van der Waals surface area contributed by atoms with Crippen molar-refractivity contribution in [2.24, 2.45) is 11.5 Å². The van der Waals surface area contributed by atoms with Gasteiger partial charge in [0.25, 0.3) is 0 Å². The molecule has 2 rings (SSSR count). The molecular formula is C17H20N4. The molecule has 0 amide bonds. The van der Waals surface area contributed by atoms with E-state index in [0.717, 1.165) is 22.3 Å². The lowest BCUT2D eigenvalue weighted by Crippen LogP contribution is -2.51. The number of nitrogens with two attached hydrogens (primary N) is 2. The molecule has 4 heteroatoms. The monoisotopic (exact) mass is 280 g/mol. The molecule has 4 nitrogen and oxygen atoms in total. The lowest BCUT2D eigenvalue weighted by atomic mass is 9.72. The lowest BCUT2D eigenvalue weighted by molar-refractivity contribution is 0.876. The minimum Gasteiger partial charge on any atom is -0.386 e. The van der Waals surface area contributed by atoms with Crippen molar-refractivity contribution in [3.8, 4) is 0 Å². The highest BCUT2D eigenvalue weighted by Crippen LogP contribution is 2.33. The predicted molar refractivity (Wildman–Crippen MR) is 87.0 cm³/mol. The summed E-state index contributed by atoms with van der Waals surface area (Å²) in [5.41, 5.74) is 14.2. The summed E-state index contributed by atoms with van der Waals surface area (Å²) in [6.07, 6.45) is 0. The van der Waals surface area contributed by atoms with Crippen LogP contribution in [0.2, 0.25) is 0 Å². The van der Waals surface area contributed by atoms with E-state index in [0.29, 0.717) is 0 Å². The van der Waals surface area contributed by atoms with Gasteiger partial charge in [-0.15, -0.1) is 0 Å². The van der Waals surface area contributed by atoms with Gasteiger partial charge in [0.15, 0.2) is 0 Å². The molecule has 108 valence electrons. The van der Waals surface area contributed by atoms with E-state index >= 15 is 0 Å². The van der Waals surface area contributed by atoms with Gasteiger partial charge in [0.1, 0.15) is 17.1 Å². The van der Waals surface area contributed by atoms with Crippen molar-refractivity contribution in [3.05, 3.63) is 70.8 Å². The van der Waals surface area contributed by atoms with Crippen molar-refractivity contribution in [2.75, 3.05) is 0 Å². The molecule has 6 N–H and O–H groups in total. The van der Waals surface area contributed by atoms with Crippen LogP contribution in [0.15, 0.2) is 48.5 Å². The smallest absolute Gasteiger partial charge is 0.133 e. The minimum atomic E-state index is -1.21. The Morgan fingerprint density at radius 2 is 1.00 bits per heavy atom. The van der Waals surface area contributed by atoms with Crippen LogP contribution in [0.3, 0.4) is 0 Å². The van der Waals surface area contributed by atoms with Crippen LogP contribution < -0.4 is 11.5 Å². The van der Waals surface area contributed by atoms with Gasteiger partial charge in [-0.25, -0.2) is 0 Å². The van der Waals surface area contributed by atoms with E-state index in [-0.39, 0.29) is 11.7 Å². The number of aryl methyl sites for hydroxylation is 2. The van der Waals surface area contributed by atoms with E-state index in [1.54, 1.807) is 0 Å². The molecule has 0 aromatic heterocycles. The Labute approximate surface area is 124 Å². The molecular weight excluding hydrogens is 260 g/mol. The fraction of sp³-hybridized carbons (Fsp3) is 0.176. The Kier molecular flexibility index (Phi) is 3.80. The topological polar surface area (TPSA) is 99.7 Å². The number of amidine groups is 2. The molecule has 0 radical (unpaired) electrons. The van der Waals surface area contributed by atoms with E-state index in [4.69, 9.17) is 22.3 Å². The fourth-order valence-corrected chi connectivity index (χ4v) is 2.54. The first-order valence-corrected chi connectivity index (χ1v) is 6.72. The van der Waals surface area contributed by atoms with Crippen molar-refractivity contribution in [1.29, 1.82) is 10.8 Å². The Morgan fingerprint density at radius 3 is 1.24 bits per heavy atom. The number of rotatable bonds is 4. The molecule has 2 aromatic carbocycles. The van der Waals surface area contributed by atoms with Gasteiger partial charge < -0.3 is 11.5 Å². The lowest BCUT2D eigenvalue weighted by Gasteiger charge is -2.32. The van der Waals surface area contributed by atoms with Crippen LogP contribution >= 0.6 is 0 Å². The summed E-state index contributed by atoms with van der Waals surface area (Å²) < 4.78 is 0. The molecule has 0 spiro atoms. The van der Waals surface area contributed by atoms with Gasteiger partial charge in [-0.1, -0.05) is 59.7 Å². The average molecular weight is 280 g/mol. The second-order valence-corrected chi connectivity index (χ2v) is 5.31. The highest BCUT2D eigenvalue weighted by Gasteiger charge is 2.41. The zero-order chi connectivity index (χ0) is 15.6. The zero-order valence-corrected chi connectivity index (χ0v) is 12.3. The van der Waals surface area contributed by atoms with Crippen molar-refractivity contribution in [2.45, 2.75) is 19.3 Å². The van der Waals surface area contributed by atoms with Gasteiger partial charge in [0, 0.05) is 0 Å². The molecule has 2 aromatic rings. The number of hydrogen-bond donors (Lipinski definition) is 4. The third-order valence-corrected chi connectivity index (χ3v) is 3.78. The van der Waals surface area contributed by atoms with Crippen LogP contribution in [0, 0.1) is 24.7 Å². The SMILES string of the molecule is Cc1ccc(C(C(=N)N)(C(=N)N)c2ccc(C)cc2)cc1. The number of benzene rings is 2. The van der Waals surface area contributed by atoms with E-state index < -0.39 is 5.41 Å². The maximum atomic E-state index is 8.07. The quantitative estimate of drug-likeness (QED) is 0.511. The summed E-state index contributed by atoms with van der Waals surface area (Å²) in [7, 11) is 0. The van der Waals surface area contributed by atoms with Crippen LogP contribution in [-0.2, 0) is 5.41 Å². The largest absolute Gasteiger partial charge is 0.386 e. The van der Waals surface area contributed by atoms with Crippen LogP contribution in [0.1, 0.15) is 22.3 Å². The third-order valence-electron chi connectivity index (χ3n) is 3.78. The summed E-state index contributed by atoms with van der Waals surface area (Å²) in [5.74, 6) is -0.301. The van der Waals surface area contributed by atoms with Crippen molar-refractivity contribution in [3.63, 3.8) is 0 Å². The van der Waals surface area contributed by atoms with Gasteiger partial charge in [0.2, 0.25) is 0 Å². The number of hydrogen-bond acceptors (Lipinski definition) is 2. The fourth-order valence-electron chi connectivity index (χ4n) is 2.54. The maximum absolute atomic E-state index is 8.07. The first-order chi connectivity index (χ1) is 9.88. The van der Waals surface area contributed by atoms with Crippen LogP contribution in [0.25, 0.3) is 0 Å². The van der Waals surface area contributed by atoms with E-state index in [1.807, 2.05) is 62.4 Å². The first-order valence-electron chi connectivity index (χ1n) is 6.72. The number of nitrogens with one attached hydrogen (secondary N) is 2. The van der Waals surface area contributed by atoms with Gasteiger partial charge >= 0.3 is 0 Å². The summed E-state index contributed by atoms with van der Waals surface area (Å²) in [6, 6.07) is 15.2. The summed E-state index contributed by atoms with van der Waals surface area (Å²) in [6.45, 7) is 3.97. The molecule has 0 saturated carbocycles. The van der Waals surface area contributed by atoms with Gasteiger partial charge in [-0.2, -0.15) is 0 Å². The average Bonchev–Trinajstić information content (AvgIpc) is 2.43. The van der Waals surface area contributed by atoms with Gasteiger partial charge in [-0.05, 0) is 25.0 Å². The van der Waals surface area contributed by atoms with Crippen LogP contribution in [-0.4, -0.2) is 11.7 Å². The molecule has 0 atom stereocenters. The second kappa shape index (κ2) is 5.40. The highest BCUT2D eigenvalue weighted by atomic mass is 14.8. The van der Waals surface area contributed by atoms with Crippen LogP contribution in [0.4, 0.5) is 0 Å². The van der Waals surface area contributed by atoms with E-state index in [1.165, 1.54) is 0 Å². The second-order valence-electron chi connectivity index (χ2n) is 5.31. The highest BCUT2D eigenvalue weighted by molar-refractivity contribution is 6.15.